The fourth-order valence-corrected chi connectivity index (χ4v) is 3.10. The average molecular weight is 504 g/mol. The van der Waals surface area contributed by atoms with Crippen molar-refractivity contribution in [3.8, 4) is 11.8 Å². The summed E-state index contributed by atoms with van der Waals surface area (Å²) < 4.78 is 38.4. The number of aliphatic hydroxyl groups is 1. The van der Waals surface area contributed by atoms with E-state index >= 15 is 0 Å². The Kier molecular flexibility index (Phi) is 8.67. The highest BCUT2D eigenvalue weighted by Gasteiger charge is 2.13. The van der Waals surface area contributed by atoms with Gasteiger partial charge in [0.05, 0.1) is 46.3 Å². The molecule has 0 fully saturated rings. The minimum atomic E-state index is -1.76. The lowest BCUT2D eigenvalue weighted by Gasteiger charge is -2.11. The number of methoxy groups -OCH3 is 2. The number of aliphatic hydroxyl groups excluding tert-OH is 1. The van der Waals surface area contributed by atoms with Crippen molar-refractivity contribution < 1.29 is 28.2 Å². The summed E-state index contributed by atoms with van der Waals surface area (Å²) in [5.74, 6) is 0.591. The molecule has 12 nitrogen and oxygen atoms in total. The van der Waals surface area contributed by atoms with Gasteiger partial charge < -0.3 is 19.4 Å². The van der Waals surface area contributed by atoms with Gasteiger partial charge in [0.1, 0.15) is 17.2 Å². The second kappa shape index (κ2) is 11.9. The van der Waals surface area contributed by atoms with Crippen molar-refractivity contribution in [1.29, 1.82) is 0 Å². The molecule has 0 saturated heterocycles. The van der Waals surface area contributed by atoms with Crippen LogP contribution in [0.4, 0.5) is 8.78 Å². The number of hydrogen-bond acceptors (Lipinski definition) is 10. The number of rotatable bonds is 8. The molecular weight excluding hydrogens is 482 g/mol. The van der Waals surface area contributed by atoms with E-state index in [0.29, 0.717) is 16.9 Å². The number of halogens is 2. The van der Waals surface area contributed by atoms with Gasteiger partial charge in [-0.05, 0) is 12.1 Å². The van der Waals surface area contributed by atoms with E-state index in [9.17, 15) is 23.2 Å². The van der Waals surface area contributed by atoms with Gasteiger partial charge in [0.15, 0.2) is 23.8 Å². The van der Waals surface area contributed by atoms with Crippen LogP contribution in [0.2, 0.25) is 0 Å². The van der Waals surface area contributed by atoms with Crippen LogP contribution >= 0.6 is 0 Å². The van der Waals surface area contributed by atoms with Crippen molar-refractivity contribution in [3.05, 3.63) is 57.4 Å². The van der Waals surface area contributed by atoms with Gasteiger partial charge in [0.25, 0.3) is 11.1 Å². The molecule has 0 saturated carbocycles. The van der Waals surface area contributed by atoms with Gasteiger partial charge in [-0.2, -0.15) is 9.97 Å². The summed E-state index contributed by atoms with van der Waals surface area (Å²) in [5, 5.41) is 8.71. The molecule has 4 aromatic heterocycles. The first-order chi connectivity index (χ1) is 17.3. The molecule has 0 bridgehead atoms. The molecule has 2 unspecified atom stereocenters. The number of carbonyl (C=O) groups excluding carboxylic acids is 1. The van der Waals surface area contributed by atoms with E-state index in [1.807, 2.05) is 0 Å². The fourth-order valence-electron chi connectivity index (χ4n) is 3.10. The van der Waals surface area contributed by atoms with Crippen LogP contribution in [0.3, 0.4) is 0 Å². The maximum absolute atomic E-state index is 13.2. The smallest absolute Gasteiger partial charge is 0.270 e. The Balaban J connectivity index is 0.000000201. The van der Waals surface area contributed by atoms with E-state index in [1.54, 1.807) is 24.3 Å². The molecule has 2 atom stereocenters. The summed E-state index contributed by atoms with van der Waals surface area (Å²) in [4.78, 5) is 49.5. The summed E-state index contributed by atoms with van der Waals surface area (Å²) >= 11 is 0. The first-order valence-electron chi connectivity index (χ1n) is 10.5. The number of hydrogen-bond donors (Lipinski definition) is 1. The quantitative estimate of drug-likeness (QED) is 0.335. The van der Waals surface area contributed by atoms with Gasteiger partial charge in [0, 0.05) is 12.1 Å². The predicted molar refractivity (Wildman–Crippen MR) is 124 cm³/mol. The van der Waals surface area contributed by atoms with Crippen LogP contribution in [0.15, 0.2) is 46.2 Å². The third kappa shape index (κ3) is 6.02. The van der Waals surface area contributed by atoms with Gasteiger partial charge >= 0.3 is 0 Å². The Labute approximate surface area is 201 Å². The number of fused-ring (bicyclic) bond motifs is 2. The van der Waals surface area contributed by atoms with Gasteiger partial charge in [-0.15, -0.1) is 0 Å². The first-order valence-corrected chi connectivity index (χ1v) is 10.5. The van der Waals surface area contributed by atoms with E-state index in [1.165, 1.54) is 14.2 Å². The Morgan fingerprint density at radius 3 is 1.78 bits per heavy atom. The molecule has 36 heavy (non-hydrogen) atoms. The first kappa shape index (κ1) is 26.3. The number of carbonyl (C=O) groups is 1. The third-order valence-electron chi connectivity index (χ3n) is 4.83. The Morgan fingerprint density at radius 2 is 1.36 bits per heavy atom. The van der Waals surface area contributed by atoms with Crippen LogP contribution in [-0.4, -0.2) is 73.6 Å². The minimum Gasteiger partial charge on any atom is -0.481 e. The predicted octanol–water partition coefficient (Wildman–Crippen LogP) is 0.468. The zero-order valence-electron chi connectivity index (χ0n) is 19.2. The molecule has 14 heteroatoms. The largest absolute Gasteiger partial charge is 0.481 e. The van der Waals surface area contributed by atoms with Crippen LogP contribution in [0.1, 0.15) is 0 Å². The normalized spacial score (nSPS) is 12.5. The van der Waals surface area contributed by atoms with E-state index in [2.05, 4.69) is 19.9 Å². The van der Waals surface area contributed by atoms with Crippen LogP contribution in [0, 0.1) is 0 Å². The molecule has 1 N–H and O–H groups in total. The SMILES string of the molecule is COc1ccc2ncc(=O)n(CC(F)C=O)c2n1.COc1ccc2ncc(=O)n(CC(F)CO)c2n1. The van der Waals surface area contributed by atoms with E-state index < -0.39 is 30.1 Å². The maximum Gasteiger partial charge on any atom is 0.270 e. The molecular formula is C22H22F2N6O6. The molecule has 0 radical (unpaired) electrons. The van der Waals surface area contributed by atoms with Gasteiger partial charge in [0.2, 0.25) is 11.8 Å². The molecule has 0 aromatic carbocycles. The van der Waals surface area contributed by atoms with Crippen molar-refractivity contribution in [2.24, 2.45) is 0 Å². The molecule has 4 rings (SSSR count). The van der Waals surface area contributed by atoms with Crippen molar-refractivity contribution in [3.63, 3.8) is 0 Å². The lowest BCUT2D eigenvalue weighted by Crippen LogP contribution is -2.27. The maximum atomic E-state index is 13.2. The molecule has 0 aliphatic heterocycles. The highest BCUT2D eigenvalue weighted by atomic mass is 19.1. The summed E-state index contributed by atoms with van der Waals surface area (Å²) in [7, 11) is 2.87. The van der Waals surface area contributed by atoms with Crippen LogP contribution in [0.5, 0.6) is 11.8 Å². The van der Waals surface area contributed by atoms with Crippen molar-refractivity contribution in [1.82, 2.24) is 29.1 Å². The molecule has 0 spiro atoms. The molecule has 0 aliphatic carbocycles. The standard InChI is InChI=1S/C11H12FN3O3.C11H10FN3O3/c2*1-18-9-3-2-8-11(14-9)15(5-7(12)6-16)10(17)4-13-8/h2-4,7,16H,5-6H2,1H3;2-4,6-7H,5H2,1H3. The van der Waals surface area contributed by atoms with Gasteiger partial charge in [-0.3, -0.25) is 18.7 Å². The molecule has 0 aliphatic rings. The third-order valence-corrected chi connectivity index (χ3v) is 4.83. The fraction of sp³-hybridized carbons (Fsp3) is 0.318. The van der Waals surface area contributed by atoms with E-state index in [0.717, 1.165) is 21.5 Å². The number of ether oxygens (including phenoxy) is 2. The van der Waals surface area contributed by atoms with Crippen molar-refractivity contribution >= 4 is 28.6 Å². The lowest BCUT2D eigenvalue weighted by atomic mass is 10.3. The van der Waals surface area contributed by atoms with Gasteiger partial charge in [-0.1, -0.05) is 0 Å². The van der Waals surface area contributed by atoms with E-state index in [-0.39, 0.29) is 36.6 Å². The van der Waals surface area contributed by atoms with Gasteiger partial charge in [-0.25, -0.2) is 18.7 Å². The summed E-state index contributed by atoms with van der Waals surface area (Å²) in [6, 6.07) is 6.41. The highest BCUT2D eigenvalue weighted by Crippen LogP contribution is 2.14. The molecule has 0 amide bonds. The summed E-state index contributed by atoms with van der Waals surface area (Å²) in [5.41, 5.74) is 0.311. The molecule has 4 aromatic rings. The Morgan fingerprint density at radius 1 is 0.889 bits per heavy atom. The zero-order chi connectivity index (χ0) is 26.2. The summed E-state index contributed by atoms with van der Waals surface area (Å²) in [6.45, 7) is -1.31. The number of aromatic nitrogens is 6. The minimum absolute atomic E-state index is 0.138. The van der Waals surface area contributed by atoms with Crippen molar-refractivity contribution in [2.45, 2.75) is 25.4 Å². The molecule has 190 valence electrons. The second-order valence-corrected chi connectivity index (χ2v) is 7.24. The van der Waals surface area contributed by atoms with Crippen LogP contribution in [0.25, 0.3) is 22.3 Å². The number of aldehydes is 1. The zero-order valence-corrected chi connectivity index (χ0v) is 19.2. The number of alkyl halides is 2. The highest BCUT2D eigenvalue weighted by molar-refractivity contribution is 5.71. The topological polar surface area (TPSA) is 151 Å². The number of nitrogens with zero attached hydrogens (tertiary/aromatic N) is 6. The Hall–Kier alpha value is -4.33. The average Bonchev–Trinajstić information content (AvgIpc) is 2.91. The van der Waals surface area contributed by atoms with E-state index in [4.69, 9.17) is 14.6 Å². The Bertz CT molecular complexity index is 1480. The number of pyridine rings is 2. The second-order valence-electron chi connectivity index (χ2n) is 7.24. The lowest BCUT2D eigenvalue weighted by molar-refractivity contribution is -0.112. The van der Waals surface area contributed by atoms with Crippen molar-refractivity contribution in [2.75, 3.05) is 20.8 Å². The molecule has 4 heterocycles. The monoisotopic (exact) mass is 504 g/mol. The van der Waals surface area contributed by atoms with Crippen LogP contribution in [-0.2, 0) is 17.9 Å². The summed E-state index contributed by atoms with van der Waals surface area (Å²) in [6.07, 6.45) is -0.990. The van der Waals surface area contributed by atoms with Crippen LogP contribution < -0.4 is 20.6 Å².